The van der Waals surface area contributed by atoms with Crippen molar-refractivity contribution >= 4 is 17.3 Å². The fourth-order valence-corrected chi connectivity index (χ4v) is 3.00. The van der Waals surface area contributed by atoms with Crippen molar-refractivity contribution in [2.75, 3.05) is 0 Å². The monoisotopic (exact) mass is 299 g/mol. The van der Waals surface area contributed by atoms with Gasteiger partial charge < -0.3 is 5.11 Å². The molecule has 0 unspecified atom stereocenters. The molecule has 0 aliphatic rings. The van der Waals surface area contributed by atoms with E-state index in [-0.39, 0.29) is 0 Å². The van der Waals surface area contributed by atoms with Crippen LogP contribution in [0.2, 0.25) is 0 Å². The minimum Gasteiger partial charge on any atom is -0.477 e. The Morgan fingerprint density at radius 1 is 1.33 bits per heavy atom. The quantitative estimate of drug-likeness (QED) is 0.803. The number of carbonyl (C=O) groups is 1. The first-order valence-corrected chi connectivity index (χ1v) is 7.34. The van der Waals surface area contributed by atoms with Gasteiger partial charge in [-0.1, -0.05) is 25.1 Å². The molecule has 0 bridgehead atoms. The number of hydrogen-bond acceptors (Lipinski definition) is 4. The van der Waals surface area contributed by atoms with Gasteiger partial charge in [-0.25, -0.2) is 14.5 Å². The van der Waals surface area contributed by atoms with Crippen LogP contribution in [0.15, 0.2) is 42.7 Å². The second-order valence-corrected chi connectivity index (χ2v) is 5.46. The van der Waals surface area contributed by atoms with Crippen LogP contribution >= 0.6 is 11.3 Å². The summed E-state index contributed by atoms with van der Waals surface area (Å²) in [6.07, 6.45) is 4.17. The van der Waals surface area contributed by atoms with Gasteiger partial charge in [0, 0.05) is 11.8 Å². The van der Waals surface area contributed by atoms with Gasteiger partial charge in [0.25, 0.3) is 0 Å². The zero-order valence-corrected chi connectivity index (χ0v) is 12.2. The molecule has 3 aromatic rings. The van der Waals surface area contributed by atoms with Crippen molar-refractivity contribution in [1.82, 2.24) is 14.8 Å². The Morgan fingerprint density at radius 2 is 2.10 bits per heavy atom. The Kier molecular flexibility index (Phi) is 3.53. The zero-order chi connectivity index (χ0) is 14.8. The van der Waals surface area contributed by atoms with Crippen molar-refractivity contribution in [1.29, 1.82) is 0 Å². The fraction of sp³-hybridized carbons (Fsp3) is 0.133. The van der Waals surface area contributed by atoms with Crippen molar-refractivity contribution < 1.29 is 9.90 Å². The molecule has 0 aliphatic carbocycles. The van der Waals surface area contributed by atoms with Crippen molar-refractivity contribution in [3.8, 4) is 16.3 Å². The summed E-state index contributed by atoms with van der Waals surface area (Å²) >= 11 is 1.19. The summed E-state index contributed by atoms with van der Waals surface area (Å²) in [7, 11) is 0. The summed E-state index contributed by atoms with van der Waals surface area (Å²) in [4.78, 5) is 15.9. The highest BCUT2D eigenvalue weighted by atomic mass is 32.1. The van der Waals surface area contributed by atoms with E-state index in [0.29, 0.717) is 22.0 Å². The predicted molar refractivity (Wildman–Crippen MR) is 81.0 cm³/mol. The van der Waals surface area contributed by atoms with Gasteiger partial charge in [0.15, 0.2) is 0 Å². The number of para-hydroxylation sites is 1. The molecule has 0 saturated carbocycles. The van der Waals surface area contributed by atoms with Gasteiger partial charge in [-0.2, -0.15) is 5.10 Å². The summed E-state index contributed by atoms with van der Waals surface area (Å²) in [5.41, 5.74) is 2.40. The average molecular weight is 299 g/mol. The Balaban J connectivity index is 1.99. The van der Waals surface area contributed by atoms with Crippen LogP contribution < -0.4 is 0 Å². The molecule has 2 aromatic heterocycles. The van der Waals surface area contributed by atoms with E-state index in [1.807, 2.05) is 43.5 Å². The largest absolute Gasteiger partial charge is 0.477 e. The van der Waals surface area contributed by atoms with E-state index >= 15 is 0 Å². The normalized spacial score (nSPS) is 10.7. The van der Waals surface area contributed by atoms with Gasteiger partial charge in [0.05, 0.1) is 17.6 Å². The molecule has 1 aromatic carbocycles. The molecular weight excluding hydrogens is 286 g/mol. The highest BCUT2D eigenvalue weighted by Gasteiger charge is 2.17. The van der Waals surface area contributed by atoms with Crippen molar-refractivity contribution in [2.24, 2.45) is 0 Å². The number of hydrogen-bond donors (Lipinski definition) is 1. The summed E-state index contributed by atoms with van der Waals surface area (Å²) < 4.78 is 1.75. The standard InChI is InChI=1S/C15H13N3O2S/c1-2-12-13(15(19)20)21-14(17-12)10-8-16-18(9-10)11-6-4-3-5-7-11/h3-9H,2H2,1H3,(H,19,20). The molecular formula is C15H13N3O2S. The Hall–Kier alpha value is -2.47. The van der Waals surface area contributed by atoms with E-state index in [9.17, 15) is 9.90 Å². The first-order valence-electron chi connectivity index (χ1n) is 6.52. The van der Waals surface area contributed by atoms with Gasteiger partial charge >= 0.3 is 5.97 Å². The molecule has 0 radical (unpaired) electrons. The third-order valence-electron chi connectivity index (χ3n) is 3.08. The maximum absolute atomic E-state index is 11.2. The van der Waals surface area contributed by atoms with E-state index in [2.05, 4.69) is 10.1 Å². The van der Waals surface area contributed by atoms with Gasteiger partial charge in [0.1, 0.15) is 9.88 Å². The molecule has 0 spiro atoms. The van der Waals surface area contributed by atoms with Gasteiger partial charge in [0.2, 0.25) is 0 Å². The Bertz CT molecular complexity index is 777. The second kappa shape index (κ2) is 5.49. The summed E-state index contributed by atoms with van der Waals surface area (Å²) in [6.45, 7) is 1.90. The SMILES string of the molecule is CCc1nc(-c2cnn(-c3ccccc3)c2)sc1C(=O)O. The van der Waals surface area contributed by atoms with Gasteiger partial charge in [-0.15, -0.1) is 11.3 Å². The summed E-state index contributed by atoms with van der Waals surface area (Å²) in [6, 6.07) is 9.74. The van der Waals surface area contributed by atoms with Crippen LogP contribution in [0.1, 0.15) is 22.3 Å². The summed E-state index contributed by atoms with van der Waals surface area (Å²) in [5.74, 6) is -0.925. The molecule has 2 heterocycles. The third kappa shape index (κ3) is 2.57. The minimum atomic E-state index is -0.925. The zero-order valence-electron chi connectivity index (χ0n) is 11.4. The van der Waals surface area contributed by atoms with Crippen molar-refractivity contribution in [3.63, 3.8) is 0 Å². The van der Waals surface area contributed by atoms with Gasteiger partial charge in [-0.05, 0) is 18.6 Å². The number of thiazole rings is 1. The van der Waals surface area contributed by atoms with E-state index in [4.69, 9.17) is 0 Å². The molecule has 3 rings (SSSR count). The van der Waals surface area contributed by atoms with Crippen LogP contribution in [0.5, 0.6) is 0 Å². The first kappa shape index (κ1) is 13.5. The van der Waals surface area contributed by atoms with Crippen molar-refractivity contribution in [2.45, 2.75) is 13.3 Å². The number of carboxylic acids is 1. The molecule has 106 valence electrons. The number of aromatic nitrogens is 3. The maximum atomic E-state index is 11.2. The molecule has 6 heteroatoms. The van der Waals surface area contributed by atoms with Gasteiger partial charge in [-0.3, -0.25) is 0 Å². The highest BCUT2D eigenvalue weighted by molar-refractivity contribution is 7.17. The molecule has 0 saturated heterocycles. The number of carboxylic acid groups (broad SMARTS) is 1. The Morgan fingerprint density at radius 3 is 2.71 bits per heavy atom. The molecule has 5 nitrogen and oxygen atoms in total. The Labute approximate surface area is 125 Å². The topological polar surface area (TPSA) is 68.0 Å². The lowest BCUT2D eigenvalue weighted by Gasteiger charge is -1.98. The molecule has 0 fully saturated rings. The minimum absolute atomic E-state index is 0.306. The lowest BCUT2D eigenvalue weighted by atomic mass is 10.3. The van der Waals surface area contributed by atoms with Crippen molar-refractivity contribution in [3.05, 3.63) is 53.3 Å². The van der Waals surface area contributed by atoms with Crippen LogP contribution in [0, 0.1) is 0 Å². The first-order chi connectivity index (χ1) is 10.2. The number of nitrogens with zero attached hydrogens (tertiary/aromatic N) is 3. The molecule has 0 atom stereocenters. The number of aromatic carboxylic acids is 1. The van der Waals surface area contributed by atoms with E-state index in [1.54, 1.807) is 10.9 Å². The third-order valence-corrected chi connectivity index (χ3v) is 4.21. The highest BCUT2D eigenvalue weighted by Crippen LogP contribution is 2.28. The van der Waals surface area contributed by atoms with Crippen LogP contribution in [0.25, 0.3) is 16.3 Å². The van der Waals surface area contributed by atoms with E-state index < -0.39 is 5.97 Å². The average Bonchev–Trinajstić information content (AvgIpc) is 3.14. The van der Waals surface area contributed by atoms with Crippen LogP contribution in [0.3, 0.4) is 0 Å². The van der Waals surface area contributed by atoms with E-state index in [0.717, 1.165) is 11.3 Å². The van der Waals surface area contributed by atoms with Crippen LogP contribution in [-0.2, 0) is 6.42 Å². The van der Waals surface area contributed by atoms with Crippen LogP contribution in [0.4, 0.5) is 0 Å². The smallest absolute Gasteiger partial charge is 0.347 e. The second-order valence-electron chi connectivity index (χ2n) is 4.46. The molecule has 1 N–H and O–H groups in total. The number of aryl methyl sites for hydroxylation is 1. The number of rotatable bonds is 4. The molecule has 0 amide bonds. The van der Waals surface area contributed by atoms with E-state index in [1.165, 1.54) is 11.3 Å². The number of benzene rings is 1. The molecule has 21 heavy (non-hydrogen) atoms. The lowest BCUT2D eigenvalue weighted by molar-refractivity contribution is 0.0701. The predicted octanol–water partition coefficient (Wildman–Crippen LogP) is 3.26. The molecule has 0 aliphatic heterocycles. The maximum Gasteiger partial charge on any atom is 0.347 e. The fourth-order valence-electron chi connectivity index (χ4n) is 2.04. The summed E-state index contributed by atoms with van der Waals surface area (Å²) in [5, 5.41) is 14.2. The lowest BCUT2D eigenvalue weighted by Crippen LogP contribution is -1.97. The van der Waals surface area contributed by atoms with Crippen LogP contribution in [-0.4, -0.2) is 25.8 Å².